The largest absolute Gasteiger partial charge is 0.481 e. The van der Waals surface area contributed by atoms with Gasteiger partial charge in [-0.3, -0.25) is 4.79 Å². The summed E-state index contributed by atoms with van der Waals surface area (Å²) < 4.78 is 6.66. The molecule has 0 aliphatic rings. The van der Waals surface area contributed by atoms with E-state index >= 15 is 0 Å². The first-order chi connectivity index (χ1) is 10.5. The SMILES string of the molecule is CC(C)c1ccc(O[C@H](C)C(=O)Nc2ccc(Br)cc2)cc1. The molecule has 0 aliphatic carbocycles. The molecule has 0 spiro atoms. The number of amides is 1. The number of hydrogen-bond acceptors (Lipinski definition) is 2. The molecule has 0 aliphatic heterocycles. The van der Waals surface area contributed by atoms with Crippen LogP contribution in [0.3, 0.4) is 0 Å². The maximum absolute atomic E-state index is 12.1. The number of ether oxygens (including phenoxy) is 1. The lowest BCUT2D eigenvalue weighted by Gasteiger charge is -2.15. The predicted octanol–water partition coefficient (Wildman–Crippen LogP) is 4.98. The molecule has 4 heteroatoms. The van der Waals surface area contributed by atoms with Crippen molar-refractivity contribution in [1.82, 2.24) is 0 Å². The average molecular weight is 362 g/mol. The molecule has 2 rings (SSSR count). The van der Waals surface area contributed by atoms with Crippen molar-refractivity contribution < 1.29 is 9.53 Å². The summed E-state index contributed by atoms with van der Waals surface area (Å²) in [5.41, 5.74) is 2.00. The van der Waals surface area contributed by atoms with Gasteiger partial charge in [-0.05, 0) is 54.8 Å². The van der Waals surface area contributed by atoms with Crippen LogP contribution in [0.15, 0.2) is 53.0 Å². The number of benzene rings is 2. The number of rotatable bonds is 5. The Hall–Kier alpha value is -1.81. The fourth-order valence-corrected chi connectivity index (χ4v) is 2.23. The van der Waals surface area contributed by atoms with Crippen LogP contribution in [0.5, 0.6) is 5.75 Å². The molecule has 3 nitrogen and oxygen atoms in total. The molecule has 0 bridgehead atoms. The van der Waals surface area contributed by atoms with Crippen molar-refractivity contribution in [2.45, 2.75) is 32.8 Å². The number of carbonyl (C=O) groups excluding carboxylic acids is 1. The summed E-state index contributed by atoms with van der Waals surface area (Å²) in [7, 11) is 0. The van der Waals surface area contributed by atoms with Gasteiger partial charge in [0, 0.05) is 10.2 Å². The topological polar surface area (TPSA) is 38.3 Å². The van der Waals surface area contributed by atoms with Crippen molar-refractivity contribution in [3.05, 3.63) is 58.6 Å². The van der Waals surface area contributed by atoms with Gasteiger partial charge in [0.15, 0.2) is 6.10 Å². The third-order valence-electron chi connectivity index (χ3n) is 3.34. The Bertz CT molecular complexity index is 621. The summed E-state index contributed by atoms with van der Waals surface area (Å²) >= 11 is 3.36. The maximum Gasteiger partial charge on any atom is 0.265 e. The van der Waals surface area contributed by atoms with E-state index in [0.717, 1.165) is 10.2 Å². The van der Waals surface area contributed by atoms with E-state index in [1.54, 1.807) is 6.92 Å². The first kappa shape index (κ1) is 16.6. The van der Waals surface area contributed by atoms with Crippen LogP contribution in [0.25, 0.3) is 0 Å². The molecular weight excluding hydrogens is 342 g/mol. The quantitative estimate of drug-likeness (QED) is 0.815. The smallest absolute Gasteiger partial charge is 0.265 e. The zero-order valence-electron chi connectivity index (χ0n) is 13.0. The number of nitrogens with one attached hydrogen (secondary N) is 1. The molecule has 0 aromatic heterocycles. The van der Waals surface area contributed by atoms with Gasteiger partial charge in [-0.25, -0.2) is 0 Å². The second-order valence-corrected chi connectivity index (χ2v) is 6.40. The number of hydrogen-bond donors (Lipinski definition) is 1. The maximum atomic E-state index is 12.1. The summed E-state index contributed by atoms with van der Waals surface area (Å²) in [5, 5.41) is 2.83. The van der Waals surface area contributed by atoms with Crippen LogP contribution in [0.1, 0.15) is 32.3 Å². The first-order valence-corrected chi connectivity index (χ1v) is 8.08. The molecule has 1 atom stereocenters. The fourth-order valence-electron chi connectivity index (χ4n) is 1.97. The van der Waals surface area contributed by atoms with Gasteiger partial charge >= 0.3 is 0 Å². The molecule has 22 heavy (non-hydrogen) atoms. The number of carbonyl (C=O) groups is 1. The van der Waals surface area contributed by atoms with Gasteiger partial charge in [0.05, 0.1) is 0 Å². The second-order valence-electron chi connectivity index (χ2n) is 5.48. The third-order valence-corrected chi connectivity index (χ3v) is 3.87. The van der Waals surface area contributed by atoms with Gasteiger partial charge in [0.1, 0.15) is 5.75 Å². The number of halogens is 1. The van der Waals surface area contributed by atoms with Crippen LogP contribution in [0.2, 0.25) is 0 Å². The highest BCUT2D eigenvalue weighted by molar-refractivity contribution is 9.10. The molecule has 1 N–H and O–H groups in total. The zero-order valence-corrected chi connectivity index (χ0v) is 14.6. The van der Waals surface area contributed by atoms with Gasteiger partial charge in [0.25, 0.3) is 5.91 Å². The van der Waals surface area contributed by atoms with Crippen LogP contribution < -0.4 is 10.1 Å². The molecule has 0 radical (unpaired) electrons. The van der Waals surface area contributed by atoms with E-state index in [0.29, 0.717) is 11.7 Å². The van der Waals surface area contributed by atoms with Gasteiger partial charge in [-0.1, -0.05) is 41.9 Å². The highest BCUT2D eigenvalue weighted by Gasteiger charge is 2.15. The second kappa shape index (κ2) is 7.45. The van der Waals surface area contributed by atoms with E-state index in [9.17, 15) is 4.79 Å². The Morgan fingerprint density at radius 3 is 2.14 bits per heavy atom. The van der Waals surface area contributed by atoms with Crippen molar-refractivity contribution in [3.63, 3.8) is 0 Å². The van der Waals surface area contributed by atoms with E-state index in [2.05, 4.69) is 35.1 Å². The van der Waals surface area contributed by atoms with Gasteiger partial charge in [-0.15, -0.1) is 0 Å². The lowest BCUT2D eigenvalue weighted by atomic mass is 10.0. The minimum absolute atomic E-state index is 0.171. The molecule has 2 aromatic rings. The Balaban J connectivity index is 1.94. The zero-order chi connectivity index (χ0) is 16.1. The van der Waals surface area contributed by atoms with E-state index in [1.165, 1.54) is 5.56 Å². The minimum Gasteiger partial charge on any atom is -0.481 e. The summed E-state index contributed by atoms with van der Waals surface area (Å²) in [6, 6.07) is 15.3. The molecule has 0 saturated heterocycles. The molecule has 0 heterocycles. The highest BCUT2D eigenvalue weighted by atomic mass is 79.9. The van der Waals surface area contributed by atoms with Crippen molar-refractivity contribution in [2.24, 2.45) is 0 Å². The highest BCUT2D eigenvalue weighted by Crippen LogP contribution is 2.20. The Labute approximate surface area is 139 Å². The standard InChI is InChI=1S/C18H20BrNO2/c1-12(2)14-4-10-17(11-5-14)22-13(3)18(21)20-16-8-6-15(19)7-9-16/h4-13H,1-3H3,(H,20,21)/t13-/m1/s1. The third kappa shape index (κ3) is 4.60. The molecule has 0 saturated carbocycles. The van der Waals surface area contributed by atoms with Crippen LogP contribution in [0, 0.1) is 0 Å². The molecule has 1 amide bonds. The number of anilines is 1. The molecule has 0 unspecified atom stereocenters. The van der Waals surface area contributed by atoms with Crippen LogP contribution in [0.4, 0.5) is 5.69 Å². The Kier molecular flexibility index (Phi) is 5.61. The van der Waals surface area contributed by atoms with Crippen molar-refractivity contribution in [3.8, 4) is 5.75 Å². The minimum atomic E-state index is -0.562. The van der Waals surface area contributed by atoms with E-state index in [-0.39, 0.29) is 5.91 Å². The van der Waals surface area contributed by atoms with Crippen LogP contribution >= 0.6 is 15.9 Å². The van der Waals surface area contributed by atoms with E-state index in [1.807, 2.05) is 48.5 Å². The van der Waals surface area contributed by atoms with E-state index < -0.39 is 6.10 Å². The van der Waals surface area contributed by atoms with Gasteiger partial charge < -0.3 is 10.1 Å². The summed E-state index contributed by atoms with van der Waals surface area (Å²) in [4.78, 5) is 12.1. The normalized spacial score (nSPS) is 12.0. The Morgan fingerprint density at radius 2 is 1.59 bits per heavy atom. The van der Waals surface area contributed by atoms with Crippen molar-refractivity contribution in [2.75, 3.05) is 5.32 Å². The molecule has 2 aromatic carbocycles. The fraction of sp³-hybridized carbons (Fsp3) is 0.278. The lowest BCUT2D eigenvalue weighted by Crippen LogP contribution is -2.30. The van der Waals surface area contributed by atoms with Gasteiger partial charge in [0.2, 0.25) is 0 Å². The van der Waals surface area contributed by atoms with Crippen LogP contribution in [-0.2, 0) is 4.79 Å². The monoisotopic (exact) mass is 361 g/mol. The summed E-state index contributed by atoms with van der Waals surface area (Å²) in [6.45, 7) is 6.03. The lowest BCUT2D eigenvalue weighted by molar-refractivity contribution is -0.122. The summed E-state index contributed by atoms with van der Waals surface area (Å²) in [6.07, 6.45) is -0.562. The molecule has 0 fully saturated rings. The Morgan fingerprint density at radius 1 is 1.00 bits per heavy atom. The van der Waals surface area contributed by atoms with Gasteiger partial charge in [-0.2, -0.15) is 0 Å². The van der Waals surface area contributed by atoms with Crippen molar-refractivity contribution in [1.29, 1.82) is 0 Å². The first-order valence-electron chi connectivity index (χ1n) is 7.29. The predicted molar refractivity (Wildman–Crippen MR) is 93.4 cm³/mol. The summed E-state index contributed by atoms with van der Waals surface area (Å²) in [5.74, 6) is 1.00. The van der Waals surface area contributed by atoms with Crippen LogP contribution in [-0.4, -0.2) is 12.0 Å². The molecular formula is C18H20BrNO2. The van der Waals surface area contributed by atoms with Crippen molar-refractivity contribution >= 4 is 27.5 Å². The van der Waals surface area contributed by atoms with E-state index in [4.69, 9.17) is 4.74 Å². The molecule has 116 valence electrons. The average Bonchev–Trinajstić information content (AvgIpc) is 2.50.